The molecule has 0 spiro atoms. The zero-order chi connectivity index (χ0) is 21.6. The van der Waals surface area contributed by atoms with Gasteiger partial charge in [0.15, 0.2) is 0 Å². The lowest BCUT2D eigenvalue weighted by Crippen LogP contribution is -2.48. The van der Waals surface area contributed by atoms with Crippen LogP contribution in [0.5, 0.6) is 5.75 Å². The first-order chi connectivity index (χ1) is 15.2. The van der Waals surface area contributed by atoms with Crippen molar-refractivity contribution in [2.45, 2.75) is 26.2 Å². The van der Waals surface area contributed by atoms with E-state index in [4.69, 9.17) is 9.26 Å². The van der Waals surface area contributed by atoms with Crippen molar-refractivity contribution in [3.63, 3.8) is 0 Å². The fraction of sp³-hybridized carbons (Fsp3) is 0.360. The monoisotopic (exact) mass is 419 g/mol. The summed E-state index contributed by atoms with van der Waals surface area (Å²) in [5.74, 6) is 1.42. The number of carbonyl (C=O) groups excluding carboxylic acids is 1. The zero-order valence-electron chi connectivity index (χ0n) is 18.2. The second-order valence-electron chi connectivity index (χ2n) is 7.88. The third-order valence-electron chi connectivity index (χ3n) is 5.73. The number of rotatable bonds is 7. The van der Waals surface area contributed by atoms with E-state index in [1.807, 2.05) is 48.2 Å². The topological polar surface area (TPSA) is 58.8 Å². The van der Waals surface area contributed by atoms with Gasteiger partial charge in [0.1, 0.15) is 5.75 Å². The largest absolute Gasteiger partial charge is 0.492 e. The van der Waals surface area contributed by atoms with E-state index in [1.165, 1.54) is 5.56 Å². The summed E-state index contributed by atoms with van der Waals surface area (Å²) >= 11 is 0. The van der Waals surface area contributed by atoms with Crippen LogP contribution in [-0.2, 0) is 6.42 Å². The number of benzene rings is 2. The minimum absolute atomic E-state index is 0.0937. The first kappa shape index (κ1) is 21.0. The van der Waals surface area contributed by atoms with Crippen LogP contribution in [0, 0.1) is 0 Å². The van der Waals surface area contributed by atoms with E-state index in [1.54, 1.807) is 6.07 Å². The Morgan fingerprint density at radius 1 is 1.06 bits per heavy atom. The minimum atomic E-state index is -0.0937. The highest BCUT2D eigenvalue weighted by Gasteiger charge is 2.26. The van der Waals surface area contributed by atoms with Crippen molar-refractivity contribution in [2.24, 2.45) is 0 Å². The number of carbonyl (C=O) groups is 1. The average molecular weight is 420 g/mol. The fourth-order valence-corrected chi connectivity index (χ4v) is 4.02. The van der Waals surface area contributed by atoms with Gasteiger partial charge in [0.25, 0.3) is 5.91 Å². The lowest BCUT2D eigenvalue weighted by Gasteiger charge is -2.36. The first-order valence-electron chi connectivity index (χ1n) is 10.9. The highest BCUT2D eigenvalue weighted by atomic mass is 16.5. The van der Waals surface area contributed by atoms with Gasteiger partial charge in [-0.25, -0.2) is 0 Å². The van der Waals surface area contributed by atoms with Crippen LogP contribution in [-0.4, -0.2) is 48.7 Å². The molecule has 1 unspecified atom stereocenters. The predicted molar refractivity (Wildman–Crippen MR) is 121 cm³/mol. The molecule has 4 rings (SSSR count). The van der Waals surface area contributed by atoms with Gasteiger partial charge in [-0.3, -0.25) is 4.79 Å². The molecule has 2 heterocycles. The number of aromatic nitrogens is 1. The molecule has 6 nitrogen and oxygen atoms in total. The van der Waals surface area contributed by atoms with E-state index in [2.05, 4.69) is 35.2 Å². The highest BCUT2D eigenvalue weighted by molar-refractivity contribution is 5.91. The summed E-state index contributed by atoms with van der Waals surface area (Å²) in [4.78, 5) is 17.0. The van der Waals surface area contributed by atoms with Gasteiger partial charge in [-0.1, -0.05) is 54.5 Å². The van der Waals surface area contributed by atoms with Crippen LogP contribution >= 0.6 is 0 Å². The molecular weight excluding hydrogens is 390 g/mol. The number of para-hydroxylation sites is 2. The molecule has 1 aliphatic rings. The third kappa shape index (κ3) is 4.90. The number of amides is 1. The number of hydrogen-bond acceptors (Lipinski definition) is 5. The van der Waals surface area contributed by atoms with Crippen LogP contribution in [0.1, 0.15) is 41.6 Å². The minimum Gasteiger partial charge on any atom is -0.492 e. The average Bonchev–Trinajstić information content (AvgIpc) is 3.28. The number of hydrogen-bond donors (Lipinski definition) is 0. The van der Waals surface area contributed by atoms with Gasteiger partial charge < -0.3 is 19.1 Å². The lowest BCUT2D eigenvalue weighted by molar-refractivity contribution is 0.0704. The summed E-state index contributed by atoms with van der Waals surface area (Å²) in [5.41, 5.74) is 3.14. The van der Waals surface area contributed by atoms with Gasteiger partial charge in [0.05, 0.1) is 18.0 Å². The van der Waals surface area contributed by atoms with Gasteiger partial charge in [0, 0.05) is 32.2 Å². The summed E-state index contributed by atoms with van der Waals surface area (Å²) in [6.45, 7) is 7.55. The molecule has 0 radical (unpaired) electrons. The van der Waals surface area contributed by atoms with E-state index in [0.717, 1.165) is 36.6 Å². The fourth-order valence-electron chi connectivity index (χ4n) is 4.02. The number of nitrogens with zero attached hydrogens (tertiary/aromatic N) is 3. The molecule has 2 aromatic carbocycles. The standard InChI is InChI=1S/C25H29N3O3/c1-3-30-23-12-8-7-11-22(23)27-13-15-28(16-14-27)25(29)24-18-21(26-31-24)17-19(2)20-9-5-4-6-10-20/h4-12,18-19H,3,13-17H2,1-2H3. The molecule has 31 heavy (non-hydrogen) atoms. The Kier molecular flexibility index (Phi) is 6.55. The Morgan fingerprint density at radius 3 is 2.52 bits per heavy atom. The Bertz CT molecular complexity index is 994. The second kappa shape index (κ2) is 9.69. The highest BCUT2D eigenvalue weighted by Crippen LogP contribution is 2.29. The molecule has 3 aromatic rings. The normalized spacial score (nSPS) is 15.0. The molecule has 1 aliphatic heterocycles. The quantitative estimate of drug-likeness (QED) is 0.569. The molecule has 162 valence electrons. The van der Waals surface area contributed by atoms with Gasteiger partial charge in [-0.05, 0) is 37.0 Å². The SMILES string of the molecule is CCOc1ccccc1N1CCN(C(=O)c2cc(CC(C)c3ccccc3)no2)CC1. The van der Waals surface area contributed by atoms with Crippen molar-refractivity contribution in [3.05, 3.63) is 77.7 Å². The summed E-state index contributed by atoms with van der Waals surface area (Å²) in [6.07, 6.45) is 0.739. The maximum absolute atomic E-state index is 12.9. The lowest BCUT2D eigenvalue weighted by atomic mass is 9.96. The smallest absolute Gasteiger partial charge is 0.292 e. The molecule has 1 amide bonds. The van der Waals surface area contributed by atoms with Gasteiger partial charge >= 0.3 is 0 Å². The van der Waals surface area contributed by atoms with Crippen LogP contribution in [0.4, 0.5) is 5.69 Å². The van der Waals surface area contributed by atoms with Crippen LogP contribution in [0.15, 0.2) is 65.2 Å². The predicted octanol–water partition coefficient (Wildman–Crippen LogP) is 4.38. The molecule has 1 fully saturated rings. The van der Waals surface area contributed by atoms with E-state index >= 15 is 0 Å². The van der Waals surface area contributed by atoms with Gasteiger partial charge in [-0.2, -0.15) is 0 Å². The number of anilines is 1. The Labute approximate surface area is 183 Å². The van der Waals surface area contributed by atoms with Crippen LogP contribution in [0.25, 0.3) is 0 Å². The first-order valence-corrected chi connectivity index (χ1v) is 10.9. The molecule has 1 saturated heterocycles. The van der Waals surface area contributed by atoms with Crippen LogP contribution < -0.4 is 9.64 Å². The zero-order valence-corrected chi connectivity index (χ0v) is 18.2. The maximum Gasteiger partial charge on any atom is 0.292 e. The van der Waals surface area contributed by atoms with Crippen LogP contribution in [0.2, 0.25) is 0 Å². The van der Waals surface area contributed by atoms with Crippen molar-refractivity contribution in [1.29, 1.82) is 0 Å². The van der Waals surface area contributed by atoms with E-state index in [-0.39, 0.29) is 5.91 Å². The summed E-state index contributed by atoms with van der Waals surface area (Å²) in [6, 6.07) is 20.2. The summed E-state index contributed by atoms with van der Waals surface area (Å²) in [7, 11) is 0. The van der Waals surface area contributed by atoms with Crippen LogP contribution in [0.3, 0.4) is 0 Å². The molecule has 6 heteroatoms. The molecule has 1 atom stereocenters. The van der Waals surface area contributed by atoms with Gasteiger partial charge in [-0.15, -0.1) is 0 Å². The van der Waals surface area contributed by atoms with Crippen molar-refractivity contribution in [1.82, 2.24) is 10.1 Å². The third-order valence-corrected chi connectivity index (χ3v) is 5.73. The molecule has 1 aromatic heterocycles. The molecular formula is C25H29N3O3. The second-order valence-corrected chi connectivity index (χ2v) is 7.88. The molecule has 0 aliphatic carbocycles. The Balaban J connectivity index is 1.35. The summed E-state index contributed by atoms with van der Waals surface area (Å²) in [5, 5.41) is 4.14. The van der Waals surface area contributed by atoms with Crippen molar-refractivity contribution in [3.8, 4) is 5.75 Å². The van der Waals surface area contributed by atoms with Crippen molar-refractivity contribution in [2.75, 3.05) is 37.7 Å². The van der Waals surface area contributed by atoms with Gasteiger partial charge in [0.2, 0.25) is 5.76 Å². The molecule has 0 N–H and O–H groups in total. The number of piperazine rings is 1. The molecule has 0 saturated carbocycles. The summed E-state index contributed by atoms with van der Waals surface area (Å²) < 4.78 is 11.2. The molecule has 0 bridgehead atoms. The van der Waals surface area contributed by atoms with Crippen molar-refractivity contribution >= 4 is 11.6 Å². The van der Waals surface area contributed by atoms with Crippen molar-refractivity contribution < 1.29 is 14.1 Å². The Morgan fingerprint density at radius 2 is 1.77 bits per heavy atom. The van der Waals surface area contributed by atoms with E-state index in [9.17, 15) is 4.79 Å². The maximum atomic E-state index is 12.9. The number of ether oxygens (including phenoxy) is 1. The Hall–Kier alpha value is -3.28. The van der Waals surface area contributed by atoms with E-state index in [0.29, 0.717) is 31.4 Å². The van der Waals surface area contributed by atoms with E-state index < -0.39 is 0 Å².